The molecule has 2 rings (SSSR count). The molecule has 1 aromatic carbocycles. The Bertz CT molecular complexity index is 610. The van der Waals surface area contributed by atoms with E-state index < -0.39 is 5.82 Å². The fourth-order valence-corrected chi connectivity index (χ4v) is 2.08. The van der Waals surface area contributed by atoms with E-state index in [9.17, 15) is 4.39 Å². The average molecular weight is 279 g/mol. The Labute approximate surface area is 115 Å². The normalized spacial score (nSPS) is 12.2. The summed E-state index contributed by atoms with van der Waals surface area (Å²) in [5.74, 6) is 0.292. The van der Waals surface area contributed by atoms with E-state index in [1.807, 2.05) is 14.0 Å². The van der Waals surface area contributed by atoms with Gasteiger partial charge in [-0.2, -0.15) is 0 Å². The lowest BCUT2D eigenvalue weighted by molar-refractivity contribution is 0.625. The van der Waals surface area contributed by atoms with Gasteiger partial charge in [-0.05, 0) is 19.1 Å². The molecule has 0 amide bonds. The smallest absolute Gasteiger partial charge is 0.154 e. The number of anilines is 1. The summed E-state index contributed by atoms with van der Waals surface area (Å²) in [5, 5.41) is 11.0. The van der Waals surface area contributed by atoms with Crippen LogP contribution >= 0.6 is 12.2 Å². The van der Waals surface area contributed by atoms with E-state index in [0.717, 1.165) is 5.82 Å². The maximum atomic E-state index is 13.7. The molecule has 0 aliphatic heterocycles. The van der Waals surface area contributed by atoms with Crippen molar-refractivity contribution >= 4 is 22.9 Å². The number of aryl methyl sites for hydroxylation is 1. The molecule has 7 heteroatoms. The van der Waals surface area contributed by atoms with Crippen molar-refractivity contribution in [1.82, 2.24) is 14.8 Å². The minimum atomic E-state index is -0.442. The Morgan fingerprint density at radius 1 is 1.53 bits per heavy atom. The molecule has 3 N–H and O–H groups in total. The fraction of sp³-hybridized carbons (Fsp3) is 0.250. The van der Waals surface area contributed by atoms with Crippen LogP contribution in [-0.4, -0.2) is 19.8 Å². The van der Waals surface area contributed by atoms with Crippen LogP contribution in [0.2, 0.25) is 0 Å². The molecule has 0 radical (unpaired) electrons. The van der Waals surface area contributed by atoms with Gasteiger partial charge in [-0.25, -0.2) is 4.39 Å². The number of aromatic nitrogens is 3. The number of nitrogens with one attached hydrogen (secondary N) is 1. The predicted molar refractivity (Wildman–Crippen MR) is 75.3 cm³/mol. The number of halogens is 1. The van der Waals surface area contributed by atoms with E-state index >= 15 is 0 Å². The zero-order chi connectivity index (χ0) is 14.0. The molecule has 0 aliphatic rings. The van der Waals surface area contributed by atoms with Crippen LogP contribution in [0.5, 0.6) is 0 Å². The van der Waals surface area contributed by atoms with Gasteiger partial charge in [0.2, 0.25) is 0 Å². The molecule has 1 unspecified atom stereocenters. The number of hydrogen-bond donors (Lipinski definition) is 2. The molecule has 0 aliphatic carbocycles. The second-order valence-corrected chi connectivity index (χ2v) is 4.63. The lowest BCUT2D eigenvalue weighted by Gasteiger charge is -2.17. The first kappa shape index (κ1) is 13.4. The standard InChI is InChI=1S/C12H14FN5S/c1-7(12-17-15-6-18(12)2)16-9-5-3-4-8(13)10(9)11(14)19/h3-7,16H,1-2H3,(H2,14,19). The van der Waals surface area contributed by atoms with Gasteiger partial charge in [0.1, 0.15) is 17.1 Å². The van der Waals surface area contributed by atoms with Crippen molar-refractivity contribution in [3.05, 3.63) is 41.7 Å². The predicted octanol–water partition coefficient (Wildman–Crippen LogP) is 1.76. The van der Waals surface area contributed by atoms with E-state index in [2.05, 4.69) is 15.5 Å². The van der Waals surface area contributed by atoms with Crippen molar-refractivity contribution in [2.45, 2.75) is 13.0 Å². The van der Waals surface area contributed by atoms with Crippen LogP contribution < -0.4 is 11.1 Å². The monoisotopic (exact) mass is 279 g/mol. The highest BCUT2D eigenvalue weighted by Gasteiger charge is 2.16. The molecule has 1 aromatic heterocycles. The molecule has 0 spiro atoms. The third-order valence-electron chi connectivity index (χ3n) is 2.77. The Hall–Kier alpha value is -2.02. The van der Waals surface area contributed by atoms with Crippen molar-refractivity contribution in [3.63, 3.8) is 0 Å². The maximum Gasteiger partial charge on any atom is 0.154 e. The fourth-order valence-electron chi connectivity index (χ4n) is 1.88. The average Bonchev–Trinajstić information content (AvgIpc) is 2.75. The minimum Gasteiger partial charge on any atom is -0.389 e. The van der Waals surface area contributed by atoms with Gasteiger partial charge >= 0.3 is 0 Å². The van der Waals surface area contributed by atoms with E-state index in [1.165, 1.54) is 6.07 Å². The van der Waals surface area contributed by atoms with Crippen molar-refractivity contribution in [3.8, 4) is 0 Å². The molecule has 2 aromatic rings. The number of thiocarbonyl (C=S) groups is 1. The SMILES string of the molecule is CC(Nc1cccc(F)c1C(N)=S)c1nncn1C. The van der Waals surface area contributed by atoms with Crippen LogP contribution in [0, 0.1) is 5.82 Å². The van der Waals surface area contributed by atoms with Gasteiger partial charge in [0.15, 0.2) is 5.82 Å². The van der Waals surface area contributed by atoms with E-state index in [4.69, 9.17) is 18.0 Å². The van der Waals surface area contributed by atoms with Gasteiger partial charge in [0.25, 0.3) is 0 Å². The third-order valence-corrected chi connectivity index (χ3v) is 2.97. The Kier molecular flexibility index (Phi) is 3.75. The molecular weight excluding hydrogens is 265 g/mol. The Morgan fingerprint density at radius 3 is 2.84 bits per heavy atom. The lowest BCUT2D eigenvalue weighted by atomic mass is 10.1. The van der Waals surface area contributed by atoms with E-state index in [0.29, 0.717) is 5.69 Å². The van der Waals surface area contributed by atoms with Crippen molar-refractivity contribution in [2.24, 2.45) is 12.8 Å². The van der Waals surface area contributed by atoms with Gasteiger partial charge < -0.3 is 15.6 Å². The molecule has 1 heterocycles. The number of nitrogens with two attached hydrogens (primary N) is 1. The van der Waals surface area contributed by atoms with Crippen LogP contribution in [0.3, 0.4) is 0 Å². The topological polar surface area (TPSA) is 68.8 Å². The second kappa shape index (κ2) is 5.31. The Morgan fingerprint density at radius 2 is 2.26 bits per heavy atom. The van der Waals surface area contributed by atoms with Gasteiger partial charge in [0.05, 0.1) is 11.6 Å². The first-order valence-corrected chi connectivity index (χ1v) is 6.10. The van der Waals surface area contributed by atoms with Crippen LogP contribution in [0.15, 0.2) is 24.5 Å². The summed E-state index contributed by atoms with van der Waals surface area (Å²) in [6.07, 6.45) is 1.60. The molecule has 0 saturated carbocycles. The third kappa shape index (κ3) is 2.70. The molecule has 5 nitrogen and oxygen atoms in total. The number of hydrogen-bond acceptors (Lipinski definition) is 4. The summed E-state index contributed by atoms with van der Waals surface area (Å²) < 4.78 is 15.5. The summed E-state index contributed by atoms with van der Waals surface area (Å²) in [6.45, 7) is 1.90. The van der Waals surface area contributed by atoms with Crippen molar-refractivity contribution < 1.29 is 4.39 Å². The number of benzene rings is 1. The first-order valence-electron chi connectivity index (χ1n) is 5.69. The van der Waals surface area contributed by atoms with Gasteiger partial charge in [-0.3, -0.25) is 0 Å². The number of nitrogens with zero attached hydrogens (tertiary/aromatic N) is 3. The van der Waals surface area contributed by atoms with Gasteiger partial charge in [0, 0.05) is 12.7 Å². The van der Waals surface area contributed by atoms with Gasteiger partial charge in [-0.15, -0.1) is 10.2 Å². The van der Waals surface area contributed by atoms with Gasteiger partial charge in [-0.1, -0.05) is 18.3 Å². The van der Waals surface area contributed by atoms with Crippen LogP contribution in [0.1, 0.15) is 24.4 Å². The molecule has 19 heavy (non-hydrogen) atoms. The molecule has 0 saturated heterocycles. The highest BCUT2D eigenvalue weighted by Crippen LogP contribution is 2.23. The van der Waals surface area contributed by atoms with E-state index in [1.54, 1.807) is 23.0 Å². The maximum absolute atomic E-state index is 13.7. The van der Waals surface area contributed by atoms with E-state index in [-0.39, 0.29) is 16.6 Å². The highest BCUT2D eigenvalue weighted by atomic mass is 32.1. The quantitative estimate of drug-likeness (QED) is 0.835. The summed E-state index contributed by atoms with van der Waals surface area (Å²) in [5.41, 5.74) is 6.32. The first-order chi connectivity index (χ1) is 9.00. The van der Waals surface area contributed by atoms with Crippen molar-refractivity contribution in [1.29, 1.82) is 0 Å². The summed E-state index contributed by atoms with van der Waals surface area (Å²) in [6, 6.07) is 4.50. The highest BCUT2D eigenvalue weighted by molar-refractivity contribution is 7.80. The summed E-state index contributed by atoms with van der Waals surface area (Å²) in [7, 11) is 1.84. The largest absolute Gasteiger partial charge is 0.389 e. The summed E-state index contributed by atoms with van der Waals surface area (Å²) in [4.78, 5) is 0.0192. The Balaban J connectivity index is 2.32. The van der Waals surface area contributed by atoms with Crippen LogP contribution in [0.4, 0.5) is 10.1 Å². The summed E-state index contributed by atoms with van der Waals surface area (Å²) >= 11 is 4.88. The zero-order valence-corrected chi connectivity index (χ0v) is 11.4. The van der Waals surface area contributed by atoms with Crippen LogP contribution in [-0.2, 0) is 7.05 Å². The minimum absolute atomic E-state index is 0.0192. The second-order valence-electron chi connectivity index (χ2n) is 4.19. The molecule has 0 bridgehead atoms. The molecular formula is C12H14FN5S. The van der Waals surface area contributed by atoms with Crippen LogP contribution in [0.25, 0.3) is 0 Å². The zero-order valence-electron chi connectivity index (χ0n) is 10.6. The molecule has 100 valence electrons. The number of rotatable bonds is 4. The van der Waals surface area contributed by atoms with Crippen molar-refractivity contribution in [2.75, 3.05) is 5.32 Å². The lowest BCUT2D eigenvalue weighted by Crippen LogP contribution is -2.18. The molecule has 0 fully saturated rings. The molecule has 1 atom stereocenters.